The molecule has 0 radical (unpaired) electrons. The molecule has 1 amide bonds. The Balaban J connectivity index is 1.89. The van der Waals surface area contributed by atoms with Crippen LogP contribution in [0.4, 0.5) is 4.79 Å². The van der Waals surface area contributed by atoms with Crippen molar-refractivity contribution in [1.29, 1.82) is 0 Å². The number of hydrogen-bond donors (Lipinski definition) is 2. The number of H-pyrrole nitrogens is 1. The maximum Gasteiger partial charge on any atom is 0.408 e. The van der Waals surface area contributed by atoms with Crippen molar-refractivity contribution >= 4 is 22.0 Å². The van der Waals surface area contributed by atoms with E-state index in [2.05, 4.69) is 52.2 Å². The molecule has 0 saturated carbocycles. The van der Waals surface area contributed by atoms with Gasteiger partial charge in [-0.3, -0.25) is 0 Å². The predicted octanol–water partition coefficient (Wildman–Crippen LogP) is 5.16. The van der Waals surface area contributed by atoms with Crippen LogP contribution in [-0.4, -0.2) is 21.7 Å². The summed E-state index contributed by atoms with van der Waals surface area (Å²) in [5.41, 5.74) is 4.09. The number of nitrogens with zero attached hydrogens (tertiary/aromatic N) is 1. The molecule has 5 nitrogen and oxygen atoms in total. The molecule has 0 unspecified atom stereocenters. The second kappa shape index (κ2) is 7.06. The third-order valence-electron chi connectivity index (χ3n) is 4.40. The van der Waals surface area contributed by atoms with Gasteiger partial charge < -0.3 is 15.0 Å². The van der Waals surface area contributed by atoms with Crippen LogP contribution in [0.3, 0.4) is 0 Å². The molecule has 1 heterocycles. The number of aromatic nitrogens is 2. The summed E-state index contributed by atoms with van der Waals surface area (Å²) in [5.74, 6) is 0.964. The maximum atomic E-state index is 12.2. The number of carbonyl (C=O) groups excluding carboxylic acids is 1. The van der Waals surface area contributed by atoms with Gasteiger partial charge in [-0.1, -0.05) is 35.8 Å². The van der Waals surface area contributed by atoms with E-state index in [1.165, 1.54) is 11.1 Å². The van der Waals surface area contributed by atoms with Crippen molar-refractivity contribution in [2.45, 2.75) is 59.1 Å². The van der Waals surface area contributed by atoms with Crippen LogP contribution in [-0.2, 0) is 17.6 Å². The fourth-order valence-electron chi connectivity index (χ4n) is 3.23. The Morgan fingerprint density at radius 2 is 2.04 bits per heavy atom. The highest BCUT2D eigenvalue weighted by molar-refractivity contribution is 9.10. The molecule has 1 atom stereocenters. The zero-order valence-electron chi connectivity index (χ0n) is 15.9. The van der Waals surface area contributed by atoms with Gasteiger partial charge in [0.15, 0.2) is 0 Å². The first-order valence-corrected chi connectivity index (χ1v) is 9.80. The number of ether oxygens (including phenoxy) is 1. The lowest BCUT2D eigenvalue weighted by Gasteiger charge is -2.24. The van der Waals surface area contributed by atoms with E-state index >= 15 is 0 Å². The lowest BCUT2D eigenvalue weighted by atomic mass is 9.92. The SMILES string of the molecule is CC(C)[C@H](NC(=O)OC(C)(C)C)c1nc2c([nH]1)-c1ccc(Br)cc1CC2. The Morgan fingerprint density at radius 1 is 1.31 bits per heavy atom. The fourth-order valence-corrected chi connectivity index (χ4v) is 3.64. The van der Waals surface area contributed by atoms with Gasteiger partial charge in [-0.2, -0.15) is 0 Å². The van der Waals surface area contributed by atoms with Gasteiger partial charge >= 0.3 is 6.09 Å². The number of halogens is 1. The molecule has 2 N–H and O–H groups in total. The van der Waals surface area contributed by atoms with Gasteiger partial charge in [0.25, 0.3) is 0 Å². The summed E-state index contributed by atoms with van der Waals surface area (Å²) in [6, 6.07) is 6.10. The molecule has 1 aromatic heterocycles. The van der Waals surface area contributed by atoms with Crippen LogP contribution in [0.15, 0.2) is 22.7 Å². The number of alkyl carbamates (subject to hydrolysis) is 1. The van der Waals surface area contributed by atoms with Crippen molar-refractivity contribution in [3.63, 3.8) is 0 Å². The van der Waals surface area contributed by atoms with Gasteiger partial charge in [0.1, 0.15) is 11.4 Å². The van der Waals surface area contributed by atoms with Gasteiger partial charge in [0.05, 0.1) is 17.4 Å². The molecule has 1 aromatic carbocycles. The summed E-state index contributed by atoms with van der Waals surface area (Å²) in [6.07, 6.45) is 1.44. The summed E-state index contributed by atoms with van der Waals surface area (Å²) in [7, 11) is 0. The van der Waals surface area contributed by atoms with E-state index in [0.717, 1.165) is 34.5 Å². The van der Waals surface area contributed by atoms with Gasteiger partial charge in [-0.15, -0.1) is 0 Å². The summed E-state index contributed by atoms with van der Waals surface area (Å²) in [6.45, 7) is 9.70. The van der Waals surface area contributed by atoms with Gasteiger partial charge in [-0.05, 0) is 57.2 Å². The molecule has 6 heteroatoms. The lowest BCUT2D eigenvalue weighted by Crippen LogP contribution is -2.37. The standard InChI is InChI=1S/C20H26BrN3O2/c1-11(2)16(24-19(25)26-20(3,4)5)18-22-15-9-6-12-10-13(21)7-8-14(12)17(15)23-18/h7-8,10-11,16H,6,9H2,1-5H3,(H,22,23)(H,24,25)/t16-/m0/s1. The third-order valence-corrected chi connectivity index (χ3v) is 4.89. The van der Waals surface area contributed by atoms with Crippen molar-refractivity contribution in [3.8, 4) is 11.3 Å². The highest BCUT2D eigenvalue weighted by Crippen LogP contribution is 2.35. The minimum atomic E-state index is -0.527. The summed E-state index contributed by atoms with van der Waals surface area (Å²) < 4.78 is 6.50. The predicted molar refractivity (Wildman–Crippen MR) is 106 cm³/mol. The number of benzene rings is 1. The van der Waals surface area contributed by atoms with E-state index in [-0.39, 0.29) is 12.0 Å². The number of hydrogen-bond acceptors (Lipinski definition) is 3. The van der Waals surface area contributed by atoms with Crippen LogP contribution in [0.2, 0.25) is 0 Å². The first-order valence-electron chi connectivity index (χ1n) is 9.01. The quantitative estimate of drug-likeness (QED) is 0.721. The van der Waals surface area contributed by atoms with Gasteiger partial charge in [0, 0.05) is 10.0 Å². The average Bonchev–Trinajstić information content (AvgIpc) is 2.94. The first-order chi connectivity index (χ1) is 12.1. The van der Waals surface area contributed by atoms with E-state index in [1.807, 2.05) is 26.8 Å². The number of fused-ring (bicyclic) bond motifs is 3. The van der Waals surface area contributed by atoms with Crippen LogP contribution < -0.4 is 5.32 Å². The highest BCUT2D eigenvalue weighted by Gasteiger charge is 2.28. The van der Waals surface area contributed by atoms with Crippen molar-refractivity contribution in [3.05, 3.63) is 39.8 Å². The summed E-state index contributed by atoms with van der Waals surface area (Å²) >= 11 is 3.54. The Kier molecular flexibility index (Phi) is 5.15. The monoisotopic (exact) mass is 419 g/mol. The number of carbonyl (C=O) groups is 1. The Morgan fingerprint density at radius 3 is 2.69 bits per heavy atom. The van der Waals surface area contributed by atoms with Crippen molar-refractivity contribution in [2.75, 3.05) is 0 Å². The highest BCUT2D eigenvalue weighted by atomic mass is 79.9. The number of imidazole rings is 1. The van der Waals surface area contributed by atoms with E-state index in [4.69, 9.17) is 9.72 Å². The molecule has 1 aliphatic rings. The second-order valence-electron chi connectivity index (χ2n) is 8.11. The minimum Gasteiger partial charge on any atom is -0.444 e. The number of amides is 1. The van der Waals surface area contributed by atoms with Crippen LogP contribution in [0.25, 0.3) is 11.3 Å². The van der Waals surface area contributed by atoms with Crippen molar-refractivity contribution in [2.24, 2.45) is 5.92 Å². The molecule has 0 bridgehead atoms. The molecule has 140 valence electrons. The number of aryl methyl sites for hydroxylation is 2. The molecule has 0 saturated heterocycles. The third kappa shape index (κ3) is 4.11. The number of aromatic amines is 1. The van der Waals surface area contributed by atoms with E-state index < -0.39 is 11.7 Å². The molecule has 0 aliphatic heterocycles. The zero-order valence-corrected chi connectivity index (χ0v) is 17.5. The number of nitrogens with one attached hydrogen (secondary N) is 2. The lowest BCUT2D eigenvalue weighted by molar-refractivity contribution is 0.0486. The van der Waals surface area contributed by atoms with Crippen molar-refractivity contribution < 1.29 is 9.53 Å². The second-order valence-corrected chi connectivity index (χ2v) is 9.03. The molecular weight excluding hydrogens is 394 g/mol. The molecule has 0 fully saturated rings. The van der Waals surface area contributed by atoms with E-state index in [9.17, 15) is 4.79 Å². The Bertz CT molecular complexity index is 821. The molecule has 3 rings (SSSR count). The summed E-state index contributed by atoms with van der Waals surface area (Å²) in [5, 5.41) is 2.97. The fraction of sp³-hybridized carbons (Fsp3) is 0.500. The average molecular weight is 420 g/mol. The molecular formula is C20H26BrN3O2. The zero-order chi connectivity index (χ0) is 19.1. The Labute approximate surface area is 163 Å². The van der Waals surface area contributed by atoms with E-state index in [1.54, 1.807) is 0 Å². The van der Waals surface area contributed by atoms with Crippen LogP contribution in [0.1, 0.15) is 57.7 Å². The maximum absolute atomic E-state index is 12.2. The van der Waals surface area contributed by atoms with Crippen molar-refractivity contribution in [1.82, 2.24) is 15.3 Å². The topological polar surface area (TPSA) is 67.0 Å². The molecule has 1 aliphatic carbocycles. The normalized spacial score (nSPS) is 14.6. The van der Waals surface area contributed by atoms with Gasteiger partial charge in [0.2, 0.25) is 0 Å². The minimum absolute atomic E-state index is 0.180. The molecule has 0 spiro atoms. The smallest absolute Gasteiger partial charge is 0.408 e. The van der Waals surface area contributed by atoms with Gasteiger partial charge in [-0.25, -0.2) is 9.78 Å². The number of rotatable bonds is 3. The van der Waals surface area contributed by atoms with Crippen LogP contribution >= 0.6 is 15.9 Å². The first kappa shape index (κ1) is 19.0. The molecule has 2 aromatic rings. The summed E-state index contributed by atoms with van der Waals surface area (Å²) in [4.78, 5) is 20.5. The Hall–Kier alpha value is -1.82. The van der Waals surface area contributed by atoms with Crippen LogP contribution in [0, 0.1) is 5.92 Å². The molecule has 26 heavy (non-hydrogen) atoms. The van der Waals surface area contributed by atoms with Crippen LogP contribution in [0.5, 0.6) is 0 Å². The van der Waals surface area contributed by atoms with E-state index in [0.29, 0.717) is 0 Å². The largest absolute Gasteiger partial charge is 0.444 e.